The van der Waals surface area contributed by atoms with Crippen molar-refractivity contribution in [1.29, 1.82) is 5.26 Å². The van der Waals surface area contributed by atoms with Crippen molar-refractivity contribution < 1.29 is 22.7 Å². The van der Waals surface area contributed by atoms with E-state index in [2.05, 4.69) is 0 Å². The van der Waals surface area contributed by atoms with Crippen LogP contribution in [0.2, 0.25) is 0 Å². The number of aliphatic hydroxyl groups excluding tert-OH is 1. The molecule has 1 aliphatic carbocycles. The molecule has 1 N–H and O–H groups in total. The van der Waals surface area contributed by atoms with Gasteiger partial charge in [-0.3, -0.25) is 0 Å². The van der Waals surface area contributed by atoms with Gasteiger partial charge in [-0.15, -0.1) is 0 Å². The van der Waals surface area contributed by atoms with Gasteiger partial charge < -0.3 is 9.84 Å². The lowest BCUT2D eigenvalue weighted by Crippen LogP contribution is -2.08. The van der Waals surface area contributed by atoms with Crippen LogP contribution in [0.1, 0.15) is 23.7 Å². The molecule has 0 saturated heterocycles. The maximum Gasteiger partial charge on any atom is 0.181 e. The Hall–Kier alpha value is -1.88. The summed E-state index contributed by atoms with van der Waals surface area (Å²) in [5.74, 6) is -0.300. The van der Waals surface area contributed by atoms with Gasteiger partial charge in [0.05, 0.1) is 16.8 Å². The van der Waals surface area contributed by atoms with Gasteiger partial charge in [0.2, 0.25) is 0 Å². The van der Waals surface area contributed by atoms with E-state index in [9.17, 15) is 23.2 Å². The summed E-state index contributed by atoms with van der Waals surface area (Å²) in [7, 11) is -3.62. The highest BCUT2D eigenvalue weighted by Crippen LogP contribution is 2.40. The summed E-state index contributed by atoms with van der Waals surface area (Å²) in [6.07, 6.45) is 0.114. The summed E-state index contributed by atoms with van der Waals surface area (Å²) in [5, 5.41) is 19.6. The molecule has 23 heavy (non-hydrogen) atoms. The molecule has 1 aliphatic heterocycles. The number of alkyl halides is 1. The molecule has 1 aromatic carbocycles. The summed E-state index contributed by atoms with van der Waals surface area (Å²) in [6.45, 7) is 0. The number of nitrogens with zero attached hydrogens (tertiary/aromatic N) is 1. The number of aliphatic hydroxyl groups is 1. The van der Waals surface area contributed by atoms with Crippen LogP contribution < -0.4 is 4.74 Å². The van der Waals surface area contributed by atoms with Crippen molar-refractivity contribution >= 4 is 21.4 Å². The van der Waals surface area contributed by atoms with Crippen LogP contribution in [0.25, 0.3) is 0 Å². The average molecular weight is 356 g/mol. The summed E-state index contributed by atoms with van der Waals surface area (Å²) in [6, 6.07) is 4.45. The topological polar surface area (TPSA) is 87.4 Å². The summed E-state index contributed by atoms with van der Waals surface area (Å²) in [4.78, 5) is -0.0801. The van der Waals surface area contributed by atoms with Crippen LogP contribution in [0.3, 0.4) is 0 Å². The molecule has 0 fully saturated rings. The predicted molar refractivity (Wildman–Crippen MR) is 80.3 cm³/mol. The van der Waals surface area contributed by atoms with Gasteiger partial charge in [-0.05, 0) is 24.3 Å². The normalized spacial score (nSPS) is 25.1. The molecule has 0 radical (unpaired) electrons. The van der Waals surface area contributed by atoms with Crippen LogP contribution >= 0.6 is 11.6 Å². The lowest BCUT2D eigenvalue weighted by atomic mass is 10.0. The lowest BCUT2D eigenvalue weighted by Gasteiger charge is -2.16. The third kappa shape index (κ3) is 2.85. The SMILES string of the molecule is N#Cc1c(OC2=CC(F)CC(Cl)=C2)ccc2c1[C@H](O)CS2(=O)=O. The number of rotatable bonds is 2. The number of sulfone groups is 1. The molecule has 0 spiro atoms. The Morgan fingerprint density at radius 2 is 2.17 bits per heavy atom. The first-order chi connectivity index (χ1) is 10.8. The van der Waals surface area contributed by atoms with Crippen molar-refractivity contribution in [3.8, 4) is 11.8 Å². The molecule has 2 atom stereocenters. The van der Waals surface area contributed by atoms with Crippen LogP contribution in [0.15, 0.2) is 40.0 Å². The Balaban J connectivity index is 2.07. The molecule has 1 aromatic rings. The molecule has 1 heterocycles. The van der Waals surface area contributed by atoms with Gasteiger partial charge in [0.25, 0.3) is 0 Å². The Morgan fingerprint density at radius 3 is 2.83 bits per heavy atom. The molecule has 8 heteroatoms. The van der Waals surface area contributed by atoms with E-state index in [1.807, 2.05) is 6.07 Å². The van der Waals surface area contributed by atoms with E-state index < -0.39 is 27.9 Å². The zero-order valence-corrected chi connectivity index (χ0v) is 13.2. The molecular weight excluding hydrogens is 345 g/mol. The van der Waals surface area contributed by atoms with Gasteiger partial charge >= 0.3 is 0 Å². The lowest BCUT2D eigenvalue weighted by molar-refractivity contribution is 0.203. The minimum Gasteiger partial charge on any atom is -0.456 e. The van der Waals surface area contributed by atoms with Crippen LogP contribution in [0.5, 0.6) is 5.75 Å². The number of hydrogen-bond acceptors (Lipinski definition) is 5. The van der Waals surface area contributed by atoms with Crippen molar-refractivity contribution in [2.24, 2.45) is 0 Å². The molecule has 3 rings (SSSR count). The number of benzene rings is 1. The first-order valence-electron chi connectivity index (χ1n) is 6.69. The summed E-state index contributed by atoms with van der Waals surface area (Å²) >= 11 is 5.82. The molecule has 0 bridgehead atoms. The zero-order chi connectivity index (χ0) is 16.8. The quantitative estimate of drug-likeness (QED) is 0.880. The van der Waals surface area contributed by atoms with E-state index in [1.165, 1.54) is 24.3 Å². The summed E-state index contributed by atoms with van der Waals surface area (Å²) in [5.41, 5.74) is -0.0595. The maximum atomic E-state index is 13.5. The highest BCUT2D eigenvalue weighted by atomic mass is 35.5. The fourth-order valence-electron chi connectivity index (χ4n) is 2.64. The zero-order valence-electron chi connectivity index (χ0n) is 11.7. The fraction of sp³-hybridized carbons (Fsp3) is 0.267. The van der Waals surface area contributed by atoms with E-state index >= 15 is 0 Å². The number of fused-ring (bicyclic) bond motifs is 1. The van der Waals surface area contributed by atoms with E-state index in [0.29, 0.717) is 0 Å². The highest BCUT2D eigenvalue weighted by molar-refractivity contribution is 7.91. The van der Waals surface area contributed by atoms with Crippen molar-refractivity contribution in [2.75, 3.05) is 5.75 Å². The molecule has 0 saturated carbocycles. The maximum absolute atomic E-state index is 13.5. The Kier molecular flexibility index (Phi) is 3.92. The predicted octanol–water partition coefficient (Wildman–Crippen LogP) is 2.51. The van der Waals surface area contributed by atoms with Gasteiger partial charge in [-0.2, -0.15) is 5.26 Å². The number of hydrogen-bond donors (Lipinski definition) is 1. The fourth-order valence-corrected chi connectivity index (χ4v) is 4.50. The Morgan fingerprint density at radius 1 is 1.43 bits per heavy atom. The molecule has 0 aromatic heterocycles. The van der Waals surface area contributed by atoms with Gasteiger partial charge in [-0.25, -0.2) is 12.8 Å². The van der Waals surface area contributed by atoms with E-state index in [0.717, 1.165) is 0 Å². The third-order valence-electron chi connectivity index (χ3n) is 3.59. The van der Waals surface area contributed by atoms with E-state index in [-0.39, 0.29) is 39.0 Å². The van der Waals surface area contributed by atoms with Crippen LogP contribution in [-0.4, -0.2) is 25.4 Å². The number of nitriles is 1. The largest absolute Gasteiger partial charge is 0.456 e. The highest BCUT2D eigenvalue weighted by Gasteiger charge is 2.37. The molecule has 2 aliphatic rings. The number of allylic oxidation sites excluding steroid dienone is 3. The van der Waals surface area contributed by atoms with Crippen molar-refractivity contribution in [2.45, 2.75) is 23.6 Å². The van der Waals surface area contributed by atoms with Gasteiger partial charge in [0, 0.05) is 17.0 Å². The first-order valence-corrected chi connectivity index (χ1v) is 8.72. The second kappa shape index (κ2) is 5.64. The Labute approximate surface area is 137 Å². The number of ether oxygens (including phenoxy) is 1. The monoisotopic (exact) mass is 355 g/mol. The molecule has 5 nitrogen and oxygen atoms in total. The molecule has 0 amide bonds. The number of halogens is 2. The minimum absolute atomic E-state index is 0.0216. The van der Waals surface area contributed by atoms with Crippen molar-refractivity contribution in [3.05, 3.63) is 46.2 Å². The van der Waals surface area contributed by atoms with Crippen molar-refractivity contribution in [3.63, 3.8) is 0 Å². The van der Waals surface area contributed by atoms with E-state index in [4.69, 9.17) is 16.3 Å². The second-order valence-electron chi connectivity index (χ2n) is 5.24. The second-order valence-corrected chi connectivity index (χ2v) is 7.73. The molecule has 1 unspecified atom stereocenters. The van der Waals surface area contributed by atoms with Crippen LogP contribution in [0, 0.1) is 11.3 Å². The average Bonchev–Trinajstić information content (AvgIpc) is 2.67. The third-order valence-corrected chi connectivity index (χ3v) is 5.63. The standard InChI is InChI=1S/C15H11ClFNO4S/c16-8-3-9(17)5-10(4-8)22-13-1-2-14-15(11(13)6-18)12(19)7-23(14,20)21/h1-2,4-5,9,12,19H,3,7H2/t9?,12-/m1/s1. The summed E-state index contributed by atoms with van der Waals surface area (Å²) < 4.78 is 42.8. The Bertz CT molecular complexity index is 885. The molecular formula is C15H11ClFNO4S. The first kappa shape index (κ1) is 16.0. The van der Waals surface area contributed by atoms with Gasteiger partial charge in [0.1, 0.15) is 29.3 Å². The molecule has 120 valence electrons. The van der Waals surface area contributed by atoms with Gasteiger partial charge in [-0.1, -0.05) is 11.6 Å². The van der Waals surface area contributed by atoms with Crippen LogP contribution in [-0.2, 0) is 9.84 Å². The smallest absolute Gasteiger partial charge is 0.181 e. The van der Waals surface area contributed by atoms with Crippen molar-refractivity contribution in [1.82, 2.24) is 0 Å². The van der Waals surface area contributed by atoms with Crippen LogP contribution in [0.4, 0.5) is 4.39 Å². The minimum atomic E-state index is -3.62. The van der Waals surface area contributed by atoms with Gasteiger partial charge in [0.15, 0.2) is 9.84 Å². The van der Waals surface area contributed by atoms with E-state index in [1.54, 1.807) is 0 Å².